The van der Waals surface area contributed by atoms with Crippen molar-refractivity contribution >= 4 is 17.8 Å². The molecule has 1 heterocycles. The molecule has 0 radical (unpaired) electrons. The molecule has 0 unspecified atom stereocenters. The van der Waals surface area contributed by atoms with Crippen LogP contribution in [0.2, 0.25) is 0 Å². The molecule has 1 aromatic heterocycles. The van der Waals surface area contributed by atoms with Crippen LogP contribution in [0.5, 0.6) is 5.75 Å². The maximum absolute atomic E-state index is 5.15. The van der Waals surface area contributed by atoms with E-state index < -0.39 is 0 Å². The number of hydrogen-bond donors (Lipinski definition) is 0. The van der Waals surface area contributed by atoms with Gasteiger partial charge in [0.2, 0.25) is 5.16 Å². The number of nitrogens with zero attached hydrogens (tertiary/aromatic N) is 4. The molecule has 3 rings (SSSR count). The first-order valence-electron chi connectivity index (χ1n) is 7.14. The molecule has 0 aliphatic carbocycles. The van der Waals surface area contributed by atoms with Gasteiger partial charge in [0, 0.05) is 5.75 Å². The van der Waals surface area contributed by atoms with E-state index in [1.54, 1.807) is 23.6 Å². The molecule has 0 N–H and O–H groups in total. The van der Waals surface area contributed by atoms with Crippen LogP contribution in [0.1, 0.15) is 5.56 Å². The summed E-state index contributed by atoms with van der Waals surface area (Å²) in [7, 11) is 1.67. The highest BCUT2D eigenvalue weighted by molar-refractivity contribution is 7.99. The van der Waals surface area contributed by atoms with Crippen LogP contribution in [0.4, 0.5) is 0 Å². The maximum atomic E-state index is 5.15. The molecule has 0 bridgehead atoms. The Morgan fingerprint density at radius 1 is 1.09 bits per heavy atom. The van der Waals surface area contributed by atoms with Gasteiger partial charge in [-0.15, -0.1) is 5.10 Å². The van der Waals surface area contributed by atoms with Crippen molar-refractivity contribution < 1.29 is 4.74 Å². The summed E-state index contributed by atoms with van der Waals surface area (Å²) in [4.78, 5) is 0. The summed E-state index contributed by atoms with van der Waals surface area (Å²) in [6.45, 7) is 0. The van der Waals surface area contributed by atoms with E-state index in [9.17, 15) is 0 Å². The lowest BCUT2D eigenvalue weighted by atomic mass is 10.2. The zero-order valence-electron chi connectivity index (χ0n) is 12.7. The fourth-order valence-corrected chi connectivity index (χ4v) is 2.72. The largest absolute Gasteiger partial charge is 0.497 e. The zero-order chi connectivity index (χ0) is 15.9. The summed E-state index contributed by atoms with van der Waals surface area (Å²) >= 11 is 1.59. The summed E-state index contributed by atoms with van der Waals surface area (Å²) in [5.74, 6) is 1.65. The quantitative estimate of drug-likeness (QED) is 0.650. The van der Waals surface area contributed by atoms with Crippen LogP contribution in [-0.2, 0) is 0 Å². The van der Waals surface area contributed by atoms with Gasteiger partial charge in [0.1, 0.15) is 5.75 Å². The van der Waals surface area contributed by atoms with Gasteiger partial charge in [0.25, 0.3) is 0 Å². The summed E-state index contributed by atoms with van der Waals surface area (Å²) in [5.41, 5.74) is 2.09. The molecule has 116 valence electrons. The molecule has 0 spiro atoms. The molecule has 3 aromatic rings. The number of hydrogen-bond acceptors (Lipinski definition) is 5. The summed E-state index contributed by atoms with van der Waals surface area (Å²) in [6.07, 6.45) is 4.17. The molecule has 0 saturated heterocycles. The molecule has 6 heteroatoms. The van der Waals surface area contributed by atoms with Crippen molar-refractivity contribution in [1.82, 2.24) is 20.2 Å². The lowest BCUT2D eigenvalue weighted by Gasteiger charge is -2.02. The highest BCUT2D eigenvalue weighted by Crippen LogP contribution is 2.18. The van der Waals surface area contributed by atoms with E-state index >= 15 is 0 Å². The molecule has 0 aliphatic heterocycles. The van der Waals surface area contributed by atoms with Crippen LogP contribution in [0, 0.1) is 0 Å². The van der Waals surface area contributed by atoms with E-state index in [0.29, 0.717) is 0 Å². The van der Waals surface area contributed by atoms with Crippen molar-refractivity contribution in [3.05, 3.63) is 66.2 Å². The third kappa shape index (κ3) is 3.98. The van der Waals surface area contributed by atoms with Gasteiger partial charge >= 0.3 is 0 Å². The smallest absolute Gasteiger partial charge is 0.214 e. The Bertz CT molecular complexity index is 769. The second-order valence-corrected chi connectivity index (χ2v) is 5.68. The molecular weight excluding hydrogens is 308 g/mol. The Morgan fingerprint density at radius 3 is 2.61 bits per heavy atom. The zero-order valence-corrected chi connectivity index (χ0v) is 13.5. The second-order valence-electron chi connectivity index (χ2n) is 4.70. The lowest BCUT2D eigenvalue weighted by Crippen LogP contribution is -1.98. The first-order chi connectivity index (χ1) is 11.4. The first kappa shape index (κ1) is 15.3. The molecule has 0 fully saturated rings. The predicted octanol–water partition coefficient (Wildman–Crippen LogP) is 3.48. The Balaban J connectivity index is 1.61. The van der Waals surface area contributed by atoms with Crippen LogP contribution in [0.3, 0.4) is 0 Å². The molecule has 23 heavy (non-hydrogen) atoms. The van der Waals surface area contributed by atoms with Crippen molar-refractivity contribution in [3.63, 3.8) is 0 Å². The van der Waals surface area contributed by atoms with E-state index in [4.69, 9.17) is 4.74 Å². The standard InChI is InChI=1S/C17H16N4OS/c1-22-16-11-9-14(10-12-16)6-5-13-23-17-18-19-20-21(17)15-7-3-2-4-8-15/h2-12H,13H2,1H3/b6-5+. The van der Waals surface area contributed by atoms with Gasteiger partial charge in [-0.25, -0.2) is 0 Å². The Morgan fingerprint density at radius 2 is 1.87 bits per heavy atom. The van der Waals surface area contributed by atoms with Crippen LogP contribution in [-0.4, -0.2) is 33.1 Å². The van der Waals surface area contributed by atoms with E-state index in [-0.39, 0.29) is 0 Å². The average Bonchev–Trinajstić information content (AvgIpc) is 3.08. The van der Waals surface area contributed by atoms with Crippen molar-refractivity contribution in [1.29, 1.82) is 0 Å². The first-order valence-corrected chi connectivity index (χ1v) is 8.12. The van der Waals surface area contributed by atoms with Gasteiger partial charge in [-0.3, -0.25) is 0 Å². The third-order valence-corrected chi connectivity index (χ3v) is 4.05. The summed E-state index contributed by atoms with van der Waals surface area (Å²) in [6, 6.07) is 17.8. The van der Waals surface area contributed by atoms with E-state index in [1.165, 1.54) is 0 Å². The minimum absolute atomic E-state index is 0.774. The average molecular weight is 324 g/mol. The highest BCUT2D eigenvalue weighted by atomic mass is 32.2. The molecule has 2 aromatic carbocycles. The fourth-order valence-electron chi connectivity index (χ4n) is 2.02. The minimum Gasteiger partial charge on any atom is -0.497 e. The molecule has 5 nitrogen and oxygen atoms in total. The molecule has 0 aliphatic rings. The number of thioether (sulfide) groups is 1. The summed E-state index contributed by atoms with van der Waals surface area (Å²) < 4.78 is 6.89. The highest BCUT2D eigenvalue weighted by Gasteiger charge is 2.07. The van der Waals surface area contributed by atoms with E-state index in [0.717, 1.165) is 27.9 Å². The van der Waals surface area contributed by atoms with Gasteiger partial charge in [0.05, 0.1) is 12.8 Å². The van der Waals surface area contributed by atoms with Gasteiger partial charge in [-0.05, 0) is 40.3 Å². The Labute approximate surface area is 139 Å². The number of benzene rings is 2. The summed E-state index contributed by atoms with van der Waals surface area (Å²) in [5, 5.41) is 12.6. The van der Waals surface area contributed by atoms with E-state index in [1.807, 2.05) is 54.6 Å². The molecule has 0 atom stereocenters. The molecule has 0 saturated carbocycles. The number of rotatable bonds is 6. The van der Waals surface area contributed by atoms with Crippen molar-refractivity contribution in [2.75, 3.05) is 12.9 Å². The van der Waals surface area contributed by atoms with Gasteiger partial charge < -0.3 is 4.74 Å². The minimum atomic E-state index is 0.774. The van der Waals surface area contributed by atoms with Crippen molar-refractivity contribution in [2.24, 2.45) is 0 Å². The number of ether oxygens (including phenoxy) is 1. The van der Waals surface area contributed by atoms with Crippen LogP contribution >= 0.6 is 11.8 Å². The number of para-hydroxylation sites is 1. The topological polar surface area (TPSA) is 52.8 Å². The predicted molar refractivity (Wildman–Crippen MR) is 91.9 cm³/mol. The van der Waals surface area contributed by atoms with Crippen LogP contribution in [0.25, 0.3) is 11.8 Å². The lowest BCUT2D eigenvalue weighted by molar-refractivity contribution is 0.415. The monoisotopic (exact) mass is 324 g/mol. The van der Waals surface area contributed by atoms with E-state index in [2.05, 4.69) is 27.7 Å². The van der Waals surface area contributed by atoms with Crippen LogP contribution in [0.15, 0.2) is 65.8 Å². The van der Waals surface area contributed by atoms with Crippen LogP contribution < -0.4 is 4.74 Å². The van der Waals surface area contributed by atoms with Gasteiger partial charge in [-0.1, -0.05) is 54.2 Å². The van der Waals surface area contributed by atoms with Crippen molar-refractivity contribution in [2.45, 2.75) is 5.16 Å². The Kier molecular flexibility index (Phi) is 5.06. The SMILES string of the molecule is COc1ccc(/C=C/CSc2nnnn2-c2ccccc2)cc1. The maximum Gasteiger partial charge on any atom is 0.214 e. The van der Waals surface area contributed by atoms with Gasteiger partial charge in [-0.2, -0.15) is 4.68 Å². The number of aromatic nitrogens is 4. The Hall–Kier alpha value is -2.60. The molecule has 0 amide bonds. The van der Waals surface area contributed by atoms with Gasteiger partial charge in [0.15, 0.2) is 0 Å². The fraction of sp³-hybridized carbons (Fsp3) is 0.118. The number of methoxy groups -OCH3 is 1. The number of tetrazole rings is 1. The normalized spacial score (nSPS) is 11.0. The second kappa shape index (κ2) is 7.60. The van der Waals surface area contributed by atoms with Crippen molar-refractivity contribution in [3.8, 4) is 11.4 Å². The third-order valence-electron chi connectivity index (χ3n) is 3.18. The molecular formula is C17H16N4OS.